The highest BCUT2D eigenvalue weighted by Crippen LogP contribution is 2.61. The van der Waals surface area contributed by atoms with Crippen molar-refractivity contribution in [2.24, 2.45) is 35.0 Å². The maximum Gasteiger partial charge on any atom is 0.224 e. The number of hydrogen-bond acceptors (Lipinski definition) is 1. The maximum absolute atomic E-state index is 13.0. The first-order valence-corrected chi connectivity index (χ1v) is 9.26. The third-order valence-electron chi connectivity index (χ3n) is 7.13. The molecule has 122 valence electrons. The summed E-state index contributed by atoms with van der Waals surface area (Å²) in [6.07, 6.45) is 10.4. The second-order valence-electron chi connectivity index (χ2n) is 9.76. The fourth-order valence-corrected chi connectivity index (χ4v) is 6.45. The largest absolute Gasteiger partial charge is 0.350 e. The Bertz CT molecular complexity index is 491. The van der Waals surface area contributed by atoms with Crippen LogP contribution < -0.4 is 5.32 Å². The van der Waals surface area contributed by atoms with E-state index in [1.54, 1.807) is 0 Å². The molecule has 2 heteroatoms. The summed E-state index contributed by atoms with van der Waals surface area (Å²) in [7, 11) is 0. The van der Waals surface area contributed by atoms with Crippen LogP contribution in [0, 0.1) is 35.0 Å². The number of hydrogen-bond donors (Lipinski definition) is 1. The molecule has 5 rings (SSSR count). The number of carbonyl (C=O) groups is 1. The highest BCUT2D eigenvalue weighted by Gasteiger charge is 2.62. The van der Waals surface area contributed by atoms with Crippen LogP contribution in [0.3, 0.4) is 0 Å². The molecular formula is C20H31NO. The lowest BCUT2D eigenvalue weighted by molar-refractivity contribution is -0.128. The Labute approximate surface area is 135 Å². The van der Waals surface area contributed by atoms with Gasteiger partial charge in [-0.2, -0.15) is 0 Å². The van der Waals surface area contributed by atoms with Crippen LogP contribution in [0.4, 0.5) is 0 Å². The SMILES string of the molecule is CC(C)=C[C@@H]1[C@@H](C(=O)NC23CC4CC(CC(C4)C2)C3)C1(C)C. The van der Waals surface area contributed by atoms with E-state index in [-0.39, 0.29) is 16.9 Å². The van der Waals surface area contributed by atoms with Crippen molar-refractivity contribution in [3.8, 4) is 0 Å². The zero-order valence-electron chi connectivity index (χ0n) is 14.6. The minimum atomic E-state index is 0.143. The van der Waals surface area contributed by atoms with Crippen molar-refractivity contribution in [2.75, 3.05) is 0 Å². The fourth-order valence-electron chi connectivity index (χ4n) is 6.45. The van der Waals surface area contributed by atoms with E-state index in [0.29, 0.717) is 11.8 Å². The van der Waals surface area contributed by atoms with Gasteiger partial charge in [0.25, 0.3) is 0 Å². The number of carbonyl (C=O) groups excluding carboxylic acids is 1. The molecule has 4 bridgehead atoms. The van der Waals surface area contributed by atoms with Crippen LogP contribution in [0.25, 0.3) is 0 Å². The topological polar surface area (TPSA) is 29.1 Å². The van der Waals surface area contributed by atoms with Gasteiger partial charge in [0, 0.05) is 5.54 Å². The van der Waals surface area contributed by atoms with Gasteiger partial charge in [-0.1, -0.05) is 25.5 Å². The van der Waals surface area contributed by atoms with Crippen LogP contribution in [0.15, 0.2) is 11.6 Å². The number of rotatable bonds is 3. The molecule has 22 heavy (non-hydrogen) atoms. The lowest BCUT2D eigenvalue weighted by Crippen LogP contribution is -2.60. The molecular weight excluding hydrogens is 270 g/mol. The normalized spacial score (nSPS) is 47.2. The summed E-state index contributed by atoms with van der Waals surface area (Å²) >= 11 is 0. The van der Waals surface area contributed by atoms with E-state index in [1.165, 1.54) is 44.1 Å². The molecule has 5 aliphatic carbocycles. The Hall–Kier alpha value is -0.790. The molecule has 2 nitrogen and oxygen atoms in total. The van der Waals surface area contributed by atoms with E-state index < -0.39 is 0 Å². The summed E-state index contributed by atoms with van der Waals surface area (Å²) in [5.41, 5.74) is 1.65. The molecule has 5 saturated carbocycles. The molecule has 0 radical (unpaired) electrons. The Balaban J connectivity index is 1.48. The van der Waals surface area contributed by atoms with Crippen LogP contribution in [0.1, 0.15) is 66.2 Å². The van der Waals surface area contributed by atoms with Crippen LogP contribution in [-0.2, 0) is 4.79 Å². The van der Waals surface area contributed by atoms with Crippen molar-refractivity contribution in [3.05, 3.63) is 11.6 Å². The van der Waals surface area contributed by atoms with Crippen LogP contribution in [-0.4, -0.2) is 11.4 Å². The second-order valence-corrected chi connectivity index (χ2v) is 9.76. The molecule has 1 N–H and O–H groups in total. The molecule has 0 spiro atoms. The summed E-state index contributed by atoms with van der Waals surface area (Å²) in [6, 6.07) is 0. The van der Waals surface area contributed by atoms with Gasteiger partial charge >= 0.3 is 0 Å². The third kappa shape index (κ3) is 2.25. The summed E-state index contributed by atoms with van der Waals surface area (Å²) in [5.74, 6) is 3.66. The zero-order valence-corrected chi connectivity index (χ0v) is 14.6. The van der Waals surface area contributed by atoms with Gasteiger partial charge in [-0.25, -0.2) is 0 Å². The molecule has 0 aromatic carbocycles. The molecule has 0 aromatic heterocycles. The van der Waals surface area contributed by atoms with Gasteiger partial charge in [0.2, 0.25) is 5.91 Å². The van der Waals surface area contributed by atoms with Crippen molar-refractivity contribution in [2.45, 2.75) is 71.8 Å². The van der Waals surface area contributed by atoms with E-state index in [1.807, 2.05) is 0 Å². The lowest BCUT2D eigenvalue weighted by Gasteiger charge is -2.57. The standard InChI is InChI=1S/C20H31NO/c1-12(2)5-16-17(19(16,3)4)18(22)21-20-9-13-6-14(10-20)8-15(7-13)11-20/h5,13-17H,6-11H2,1-4H3,(H,21,22)/t13?,14?,15?,16-,17+,20?/m1/s1. The Kier molecular flexibility index (Phi) is 3.10. The van der Waals surface area contributed by atoms with Crippen molar-refractivity contribution >= 4 is 5.91 Å². The minimum absolute atomic E-state index is 0.143. The van der Waals surface area contributed by atoms with Gasteiger partial charge in [-0.15, -0.1) is 0 Å². The average Bonchev–Trinajstić information content (AvgIpc) is 2.87. The van der Waals surface area contributed by atoms with E-state index >= 15 is 0 Å². The van der Waals surface area contributed by atoms with E-state index in [0.717, 1.165) is 17.8 Å². The van der Waals surface area contributed by atoms with E-state index in [2.05, 4.69) is 39.1 Å². The summed E-state index contributed by atoms with van der Waals surface area (Å²) in [6.45, 7) is 8.78. The Morgan fingerprint density at radius 2 is 1.50 bits per heavy atom. The van der Waals surface area contributed by atoms with Gasteiger partial charge in [-0.3, -0.25) is 4.79 Å². The van der Waals surface area contributed by atoms with Gasteiger partial charge in [-0.05, 0) is 81.5 Å². The van der Waals surface area contributed by atoms with Crippen molar-refractivity contribution in [1.29, 1.82) is 0 Å². The smallest absolute Gasteiger partial charge is 0.224 e. The lowest BCUT2D eigenvalue weighted by atomic mass is 9.53. The first-order chi connectivity index (χ1) is 10.3. The highest BCUT2D eigenvalue weighted by atomic mass is 16.2. The summed E-state index contributed by atoms with van der Waals surface area (Å²) in [4.78, 5) is 13.0. The predicted octanol–water partition coefficient (Wildman–Crippen LogP) is 4.31. The monoisotopic (exact) mass is 301 g/mol. The fraction of sp³-hybridized carbons (Fsp3) is 0.850. The zero-order chi connectivity index (χ0) is 15.7. The average molecular weight is 301 g/mol. The van der Waals surface area contributed by atoms with Gasteiger partial charge in [0.05, 0.1) is 5.92 Å². The van der Waals surface area contributed by atoms with Crippen molar-refractivity contribution in [3.63, 3.8) is 0 Å². The molecule has 5 fully saturated rings. The summed E-state index contributed by atoms with van der Waals surface area (Å²) in [5, 5.41) is 3.58. The van der Waals surface area contributed by atoms with Gasteiger partial charge in [0.15, 0.2) is 0 Å². The minimum Gasteiger partial charge on any atom is -0.350 e. The Morgan fingerprint density at radius 1 is 1.00 bits per heavy atom. The first-order valence-electron chi connectivity index (χ1n) is 9.26. The van der Waals surface area contributed by atoms with Crippen LogP contribution >= 0.6 is 0 Å². The van der Waals surface area contributed by atoms with Gasteiger partial charge in [0.1, 0.15) is 0 Å². The second kappa shape index (κ2) is 4.61. The molecule has 2 atom stereocenters. The van der Waals surface area contributed by atoms with Crippen LogP contribution in [0.5, 0.6) is 0 Å². The molecule has 0 saturated heterocycles. The van der Waals surface area contributed by atoms with Crippen molar-refractivity contribution in [1.82, 2.24) is 5.32 Å². The first kappa shape index (κ1) is 14.8. The Morgan fingerprint density at radius 3 is 1.95 bits per heavy atom. The molecule has 5 aliphatic rings. The molecule has 0 unspecified atom stereocenters. The number of amides is 1. The maximum atomic E-state index is 13.0. The predicted molar refractivity (Wildman–Crippen MR) is 89.2 cm³/mol. The van der Waals surface area contributed by atoms with Gasteiger partial charge < -0.3 is 5.32 Å². The molecule has 0 aromatic rings. The third-order valence-corrected chi connectivity index (χ3v) is 7.13. The van der Waals surface area contributed by atoms with Crippen molar-refractivity contribution < 1.29 is 4.79 Å². The quantitative estimate of drug-likeness (QED) is 0.773. The van der Waals surface area contributed by atoms with E-state index in [9.17, 15) is 4.79 Å². The van der Waals surface area contributed by atoms with E-state index in [4.69, 9.17) is 0 Å². The number of nitrogens with one attached hydrogen (secondary N) is 1. The highest BCUT2D eigenvalue weighted by molar-refractivity contribution is 5.84. The van der Waals surface area contributed by atoms with Crippen LogP contribution in [0.2, 0.25) is 0 Å². The molecule has 1 amide bonds. The summed E-state index contributed by atoms with van der Waals surface area (Å²) < 4.78 is 0. The number of allylic oxidation sites excluding steroid dienone is 2. The molecule has 0 aliphatic heterocycles. The molecule has 0 heterocycles.